The second-order valence-corrected chi connectivity index (χ2v) is 7.43. The minimum atomic E-state index is -3.76. The van der Waals surface area contributed by atoms with E-state index >= 15 is 0 Å². The van der Waals surface area contributed by atoms with Gasteiger partial charge in [0, 0.05) is 31.2 Å². The summed E-state index contributed by atoms with van der Waals surface area (Å²) >= 11 is 0. The van der Waals surface area contributed by atoms with Crippen molar-refractivity contribution in [3.63, 3.8) is 0 Å². The van der Waals surface area contributed by atoms with E-state index in [1.807, 2.05) is 0 Å². The molecular formula is C16H18FN3O3S. The molecule has 0 radical (unpaired) electrons. The van der Waals surface area contributed by atoms with Crippen LogP contribution in [0.25, 0.3) is 0 Å². The smallest absolute Gasteiger partial charge is 0.243 e. The summed E-state index contributed by atoms with van der Waals surface area (Å²) in [6.45, 7) is 0.898. The first-order valence-electron chi connectivity index (χ1n) is 7.67. The minimum absolute atomic E-state index is 0.0334. The van der Waals surface area contributed by atoms with Crippen LogP contribution in [0.3, 0.4) is 0 Å². The van der Waals surface area contributed by atoms with E-state index in [4.69, 9.17) is 4.74 Å². The lowest BCUT2D eigenvalue weighted by atomic mass is 10.1. The lowest BCUT2D eigenvalue weighted by molar-refractivity contribution is 0.0297. The Morgan fingerprint density at radius 2 is 2.21 bits per heavy atom. The fourth-order valence-electron chi connectivity index (χ4n) is 2.72. The number of hydrogen-bond donors (Lipinski definition) is 0. The van der Waals surface area contributed by atoms with E-state index in [-0.39, 0.29) is 17.5 Å². The highest BCUT2D eigenvalue weighted by Gasteiger charge is 2.34. The van der Waals surface area contributed by atoms with Crippen molar-refractivity contribution in [2.75, 3.05) is 19.8 Å². The van der Waals surface area contributed by atoms with Crippen LogP contribution in [0.1, 0.15) is 12.1 Å². The molecule has 128 valence electrons. The molecule has 1 atom stereocenters. The molecule has 1 aliphatic rings. The van der Waals surface area contributed by atoms with Crippen molar-refractivity contribution in [1.29, 1.82) is 0 Å². The van der Waals surface area contributed by atoms with E-state index in [2.05, 4.69) is 9.97 Å². The maximum atomic E-state index is 13.4. The van der Waals surface area contributed by atoms with Crippen molar-refractivity contribution in [2.45, 2.75) is 23.8 Å². The number of aromatic nitrogens is 2. The number of aryl methyl sites for hydroxylation is 1. The van der Waals surface area contributed by atoms with Gasteiger partial charge in [-0.2, -0.15) is 4.31 Å². The molecule has 1 saturated heterocycles. The van der Waals surface area contributed by atoms with Crippen LogP contribution in [0.5, 0.6) is 0 Å². The molecule has 6 nitrogen and oxygen atoms in total. The Balaban J connectivity index is 1.78. The largest absolute Gasteiger partial charge is 0.378 e. The van der Waals surface area contributed by atoms with Crippen molar-refractivity contribution in [1.82, 2.24) is 14.3 Å². The van der Waals surface area contributed by atoms with E-state index in [1.54, 1.807) is 18.6 Å². The van der Waals surface area contributed by atoms with Gasteiger partial charge in [0.2, 0.25) is 10.0 Å². The van der Waals surface area contributed by atoms with Gasteiger partial charge in [-0.1, -0.05) is 6.07 Å². The van der Waals surface area contributed by atoms with Gasteiger partial charge in [0.25, 0.3) is 0 Å². The standard InChI is InChI=1S/C16H18FN3O3S/c17-13-2-1-3-16(10-13)24(21,22)20-8-9-23-12-15(20)5-4-14-11-18-6-7-19-14/h1-3,6-7,10-11,15H,4-5,8-9,12H2/t15-/m1/s1. The van der Waals surface area contributed by atoms with Crippen molar-refractivity contribution in [2.24, 2.45) is 0 Å². The molecular weight excluding hydrogens is 333 g/mol. The third-order valence-electron chi connectivity index (χ3n) is 3.93. The van der Waals surface area contributed by atoms with Gasteiger partial charge in [-0.15, -0.1) is 0 Å². The zero-order valence-electron chi connectivity index (χ0n) is 13.0. The predicted molar refractivity (Wildman–Crippen MR) is 85.3 cm³/mol. The number of sulfonamides is 1. The summed E-state index contributed by atoms with van der Waals surface area (Å²) in [5.41, 5.74) is 0.797. The van der Waals surface area contributed by atoms with E-state index in [0.717, 1.165) is 11.8 Å². The Bertz CT molecular complexity index is 786. The molecule has 0 unspecified atom stereocenters. The van der Waals surface area contributed by atoms with Gasteiger partial charge in [-0.3, -0.25) is 9.97 Å². The molecule has 0 N–H and O–H groups in total. The normalized spacial score (nSPS) is 19.3. The lowest BCUT2D eigenvalue weighted by Gasteiger charge is -2.34. The number of halogens is 1. The Hall–Kier alpha value is -1.90. The topological polar surface area (TPSA) is 72.4 Å². The molecule has 1 aliphatic heterocycles. The van der Waals surface area contributed by atoms with Crippen LogP contribution in [0.4, 0.5) is 4.39 Å². The summed E-state index contributed by atoms with van der Waals surface area (Å²) in [6.07, 6.45) is 6.02. The van der Waals surface area contributed by atoms with Gasteiger partial charge in [-0.25, -0.2) is 12.8 Å². The summed E-state index contributed by atoms with van der Waals surface area (Å²) < 4.78 is 45.9. The maximum Gasteiger partial charge on any atom is 0.243 e. The second-order valence-electron chi connectivity index (χ2n) is 5.54. The SMILES string of the molecule is O=S(=O)(c1cccc(F)c1)N1CCOC[C@H]1CCc1cnccn1. The average molecular weight is 351 g/mol. The fraction of sp³-hybridized carbons (Fsp3) is 0.375. The van der Waals surface area contributed by atoms with Gasteiger partial charge >= 0.3 is 0 Å². The van der Waals surface area contributed by atoms with Crippen LogP contribution >= 0.6 is 0 Å². The Morgan fingerprint density at radius 3 is 2.96 bits per heavy atom. The summed E-state index contributed by atoms with van der Waals surface area (Å²) in [5.74, 6) is -0.569. The van der Waals surface area contributed by atoms with E-state index in [0.29, 0.717) is 26.1 Å². The number of ether oxygens (including phenoxy) is 1. The van der Waals surface area contributed by atoms with Crippen molar-refractivity contribution in [3.05, 3.63) is 54.4 Å². The van der Waals surface area contributed by atoms with Gasteiger partial charge in [-0.05, 0) is 31.0 Å². The molecule has 0 amide bonds. The van der Waals surface area contributed by atoms with Crippen LogP contribution in [0, 0.1) is 5.82 Å². The van der Waals surface area contributed by atoms with Crippen LogP contribution in [0.15, 0.2) is 47.8 Å². The van der Waals surface area contributed by atoms with Gasteiger partial charge in [0.1, 0.15) is 5.82 Å². The summed E-state index contributed by atoms with van der Waals surface area (Å²) in [6, 6.07) is 4.77. The van der Waals surface area contributed by atoms with Crippen LogP contribution in [-0.4, -0.2) is 48.5 Å². The maximum absolute atomic E-state index is 13.4. The minimum Gasteiger partial charge on any atom is -0.378 e. The van der Waals surface area contributed by atoms with E-state index < -0.39 is 15.8 Å². The molecule has 1 fully saturated rings. The molecule has 2 aromatic rings. The number of benzene rings is 1. The summed E-state index contributed by atoms with van der Waals surface area (Å²) in [5, 5.41) is 0. The van der Waals surface area contributed by atoms with Crippen molar-refractivity contribution in [3.8, 4) is 0 Å². The molecule has 0 spiro atoms. The van der Waals surface area contributed by atoms with Crippen molar-refractivity contribution < 1.29 is 17.5 Å². The third kappa shape index (κ3) is 3.77. The third-order valence-corrected chi connectivity index (χ3v) is 5.87. The Kier molecular flexibility index (Phi) is 5.17. The quantitative estimate of drug-likeness (QED) is 0.819. The van der Waals surface area contributed by atoms with E-state index in [1.165, 1.54) is 22.5 Å². The molecule has 2 heterocycles. The number of morpholine rings is 1. The first kappa shape index (κ1) is 16.9. The second kappa shape index (κ2) is 7.33. The molecule has 8 heteroatoms. The highest BCUT2D eigenvalue weighted by Crippen LogP contribution is 2.23. The molecule has 1 aromatic heterocycles. The summed E-state index contributed by atoms with van der Waals surface area (Å²) in [4.78, 5) is 8.17. The first-order chi connectivity index (χ1) is 11.6. The molecule has 24 heavy (non-hydrogen) atoms. The van der Waals surface area contributed by atoms with Gasteiger partial charge in [0.15, 0.2) is 0 Å². The highest BCUT2D eigenvalue weighted by molar-refractivity contribution is 7.89. The zero-order chi connectivity index (χ0) is 17.0. The fourth-order valence-corrected chi connectivity index (χ4v) is 4.38. The van der Waals surface area contributed by atoms with Crippen molar-refractivity contribution >= 4 is 10.0 Å². The number of hydrogen-bond acceptors (Lipinski definition) is 5. The van der Waals surface area contributed by atoms with Crippen LogP contribution in [-0.2, 0) is 21.2 Å². The summed E-state index contributed by atoms with van der Waals surface area (Å²) in [7, 11) is -3.76. The molecule has 0 bridgehead atoms. The van der Waals surface area contributed by atoms with Crippen LogP contribution < -0.4 is 0 Å². The Labute approximate surface area is 140 Å². The molecule has 0 aliphatic carbocycles. The molecule has 0 saturated carbocycles. The number of nitrogens with zero attached hydrogens (tertiary/aromatic N) is 3. The molecule has 3 rings (SSSR count). The van der Waals surface area contributed by atoms with Gasteiger partial charge in [0.05, 0.1) is 23.8 Å². The molecule has 1 aromatic carbocycles. The number of rotatable bonds is 5. The Morgan fingerprint density at radius 1 is 1.33 bits per heavy atom. The average Bonchev–Trinajstić information content (AvgIpc) is 2.61. The highest BCUT2D eigenvalue weighted by atomic mass is 32.2. The monoisotopic (exact) mass is 351 g/mol. The first-order valence-corrected chi connectivity index (χ1v) is 9.11. The van der Waals surface area contributed by atoms with E-state index in [9.17, 15) is 12.8 Å². The van der Waals surface area contributed by atoms with Crippen LogP contribution in [0.2, 0.25) is 0 Å². The lowest BCUT2D eigenvalue weighted by Crippen LogP contribution is -2.48. The zero-order valence-corrected chi connectivity index (χ0v) is 13.8. The predicted octanol–water partition coefficient (Wildman–Crippen LogP) is 1.64. The van der Waals surface area contributed by atoms with Gasteiger partial charge < -0.3 is 4.74 Å².